The van der Waals surface area contributed by atoms with Crippen LogP contribution in [0, 0.1) is 0 Å². The number of hydrogen-bond acceptors (Lipinski definition) is 3. The predicted octanol–water partition coefficient (Wildman–Crippen LogP) is 3.53. The zero-order valence-corrected chi connectivity index (χ0v) is 12.9. The third-order valence-corrected chi connectivity index (χ3v) is 3.48. The number of amides is 1. The van der Waals surface area contributed by atoms with Gasteiger partial charge < -0.3 is 14.1 Å². The number of benzene rings is 1. The summed E-state index contributed by atoms with van der Waals surface area (Å²) in [4.78, 5) is 13.8. The summed E-state index contributed by atoms with van der Waals surface area (Å²) >= 11 is 5.99. The van der Waals surface area contributed by atoms with E-state index in [9.17, 15) is 4.79 Å². The molecular weight excluding hydrogens is 290 g/mol. The summed E-state index contributed by atoms with van der Waals surface area (Å²) in [6.07, 6.45) is 2.62. The summed E-state index contributed by atoms with van der Waals surface area (Å²) in [6.45, 7) is 0.459. The number of nitrogens with zero attached hydrogens (tertiary/aromatic N) is 1. The third kappa shape index (κ3) is 4.26. The van der Waals surface area contributed by atoms with Crippen LogP contribution < -0.4 is 4.74 Å². The number of carbonyl (C=O) groups excluding carboxylic acids is 1. The highest BCUT2D eigenvalue weighted by Gasteiger charge is 2.13. The molecule has 0 saturated carbocycles. The Balaban J connectivity index is 1.95. The van der Waals surface area contributed by atoms with Crippen LogP contribution in [0.15, 0.2) is 41.0 Å². The van der Waals surface area contributed by atoms with Gasteiger partial charge in [0.25, 0.3) is 0 Å². The van der Waals surface area contributed by atoms with Crippen LogP contribution in [-0.4, -0.2) is 25.0 Å². The lowest BCUT2D eigenvalue weighted by molar-refractivity contribution is -0.130. The number of furan rings is 1. The van der Waals surface area contributed by atoms with Crippen LogP contribution in [0.4, 0.5) is 0 Å². The van der Waals surface area contributed by atoms with E-state index in [1.54, 1.807) is 37.5 Å². The van der Waals surface area contributed by atoms with Gasteiger partial charge >= 0.3 is 0 Å². The fraction of sp³-hybridized carbons (Fsp3) is 0.312. The van der Waals surface area contributed by atoms with Crippen LogP contribution in [0.1, 0.15) is 17.7 Å². The Kier molecular flexibility index (Phi) is 5.28. The second-order valence-corrected chi connectivity index (χ2v) is 5.22. The van der Waals surface area contributed by atoms with Gasteiger partial charge in [-0.05, 0) is 30.3 Å². The van der Waals surface area contributed by atoms with Crippen molar-refractivity contribution in [2.45, 2.75) is 19.4 Å². The molecular formula is C16H18ClNO3. The molecule has 0 bridgehead atoms. The topological polar surface area (TPSA) is 42.7 Å². The van der Waals surface area contributed by atoms with Crippen LogP contribution in [0.3, 0.4) is 0 Å². The van der Waals surface area contributed by atoms with Crippen LogP contribution in [-0.2, 0) is 17.8 Å². The molecule has 0 unspecified atom stereocenters. The van der Waals surface area contributed by atoms with E-state index in [2.05, 4.69) is 0 Å². The molecule has 0 radical (unpaired) electrons. The van der Waals surface area contributed by atoms with Crippen molar-refractivity contribution in [2.24, 2.45) is 0 Å². The van der Waals surface area contributed by atoms with Crippen molar-refractivity contribution in [3.63, 3.8) is 0 Å². The minimum Gasteiger partial charge on any atom is -0.496 e. The van der Waals surface area contributed by atoms with E-state index in [1.165, 1.54) is 0 Å². The third-order valence-electron chi connectivity index (χ3n) is 3.24. The monoisotopic (exact) mass is 307 g/mol. The predicted molar refractivity (Wildman–Crippen MR) is 81.5 cm³/mol. The van der Waals surface area contributed by atoms with Crippen LogP contribution in [0.5, 0.6) is 5.75 Å². The van der Waals surface area contributed by atoms with Gasteiger partial charge in [-0.2, -0.15) is 0 Å². The number of halogens is 1. The normalized spacial score (nSPS) is 10.4. The molecule has 0 N–H and O–H groups in total. The maximum absolute atomic E-state index is 12.1. The first-order valence-electron chi connectivity index (χ1n) is 6.69. The van der Waals surface area contributed by atoms with Gasteiger partial charge in [-0.1, -0.05) is 11.6 Å². The number of carbonyl (C=O) groups is 1. The summed E-state index contributed by atoms with van der Waals surface area (Å²) in [5.41, 5.74) is 0.888. The minimum absolute atomic E-state index is 0.0495. The molecule has 1 aromatic heterocycles. The molecule has 0 aliphatic heterocycles. The Morgan fingerprint density at radius 2 is 2.19 bits per heavy atom. The van der Waals surface area contributed by atoms with Crippen molar-refractivity contribution in [1.82, 2.24) is 4.90 Å². The molecule has 0 aliphatic rings. The number of hydrogen-bond donors (Lipinski definition) is 0. The second-order valence-electron chi connectivity index (χ2n) is 4.79. The Morgan fingerprint density at radius 3 is 2.86 bits per heavy atom. The molecule has 0 spiro atoms. The van der Waals surface area contributed by atoms with Crippen LogP contribution >= 0.6 is 11.6 Å². The fourth-order valence-electron chi connectivity index (χ4n) is 2.09. The van der Waals surface area contributed by atoms with Crippen LogP contribution in [0.25, 0.3) is 0 Å². The lowest BCUT2D eigenvalue weighted by Gasteiger charge is -2.19. The van der Waals surface area contributed by atoms with E-state index >= 15 is 0 Å². The van der Waals surface area contributed by atoms with Crippen LogP contribution in [0.2, 0.25) is 5.02 Å². The van der Waals surface area contributed by atoms with Gasteiger partial charge in [0.2, 0.25) is 5.91 Å². The van der Waals surface area contributed by atoms with E-state index < -0.39 is 0 Å². The quantitative estimate of drug-likeness (QED) is 0.820. The highest BCUT2D eigenvalue weighted by atomic mass is 35.5. The highest BCUT2D eigenvalue weighted by Crippen LogP contribution is 2.24. The number of aryl methyl sites for hydroxylation is 1. The van der Waals surface area contributed by atoms with Crippen molar-refractivity contribution in [2.75, 3.05) is 14.2 Å². The first-order valence-corrected chi connectivity index (χ1v) is 7.06. The minimum atomic E-state index is 0.0495. The van der Waals surface area contributed by atoms with Gasteiger partial charge in [0.15, 0.2) is 0 Å². The summed E-state index contributed by atoms with van der Waals surface area (Å²) in [6, 6.07) is 9.08. The molecule has 1 aromatic carbocycles. The first-order chi connectivity index (χ1) is 10.1. The van der Waals surface area contributed by atoms with Crippen molar-refractivity contribution in [3.8, 4) is 5.75 Å². The molecule has 2 rings (SSSR count). The van der Waals surface area contributed by atoms with Crippen molar-refractivity contribution in [3.05, 3.63) is 52.9 Å². The highest BCUT2D eigenvalue weighted by molar-refractivity contribution is 6.30. The van der Waals surface area contributed by atoms with Crippen molar-refractivity contribution >= 4 is 17.5 Å². The summed E-state index contributed by atoms with van der Waals surface area (Å²) in [5, 5.41) is 0.627. The molecule has 5 heteroatoms. The summed E-state index contributed by atoms with van der Waals surface area (Å²) in [5.74, 6) is 1.59. The molecule has 112 valence electrons. The molecule has 1 amide bonds. The zero-order valence-electron chi connectivity index (χ0n) is 12.1. The molecule has 0 aliphatic carbocycles. The SMILES string of the molecule is COc1ccc(Cl)cc1CN(C)C(=O)CCc1ccco1. The molecule has 21 heavy (non-hydrogen) atoms. The van der Waals surface area contributed by atoms with Crippen molar-refractivity contribution in [1.29, 1.82) is 0 Å². The largest absolute Gasteiger partial charge is 0.496 e. The fourth-order valence-corrected chi connectivity index (χ4v) is 2.28. The molecule has 0 saturated heterocycles. The Bertz CT molecular complexity index is 596. The first kappa shape index (κ1) is 15.4. The van der Waals surface area contributed by atoms with Gasteiger partial charge in [0.1, 0.15) is 11.5 Å². The lowest BCUT2D eigenvalue weighted by Crippen LogP contribution is -2.26. The lowest BCUT2D eigenvalue weighted by atomic mass is 10.1. The van der Waals surface area contributed by atoms with E-state index in [1.807, 2.05) is 18.2 Å². The van der Waals surface area contributed by atoms with Gasteiger partial charge in [0.05, 0.1) is 13.4 Å². The van der Waals surface area contributed by atoms with E-state index in [0.717, 1.165) is 17.1 Å². The Labute approximate surface area is 129 Å². The number of methoxy groups -OCH3 is 1. The molecule has 2 aromatic rings. The van der Waals surface area contributed by atoms with E-state index in [4.69, 9.17) is 20.8 Å². The maximum atomic E-state index is 12.1. The summed E-state index contributed by atoms with van der Waals surface area (Å²) in [7, 11) is 3.37. The van der Waals surface area contributed by atoms with Gasteiger partial charge in [0, 0.05) is 37.0 Å². The number of rotatable bonds is 6. The maximum Gasteiger partial charge on any atom is 0.223 e. The van der Waals surface area contributed by atoms with E-state index in [-0.39, 0.29) is 5.91 Å². The van der Waals surface area contributed by atoms with E-state index in [0.29, 0.717) is 24.4 Å². The van der Waals surface area contributed by atoms with Gasteiger partial charge in [-0.15, -0.1) is 0 Å². The number of ether oxygens (including phenoxy) is 1. The molecule has 0 atom stereocenters. The molecule has 4 nitrogen and oxygen atoms in total. The Morgan fingerprint density at radius 1 is 1.38 bits per heavy atom. The van der Waals surface area contributed by atoms with Crippen molar-refractivity contribution < 1.29 is 13.9 Å². The second kappa shape index (κ2) is 7.18. The zero-order chi connectivity index (χ0) is 15.2. The molecule has 0 fully saturated rings. The average Bonchev–Trinajstić information content (AvgIpc) is 2.98. The summed E-state index contributed by atoms with van der Waals surface area (Å²) < 4.78 is 10.5. The van der Waals surface area contributed by atoms with Gasteiger partial charge in [-0.25, -0.2) is 0 Å². The molecule has 1 heterocycles. The smallest absolute Gasteiger partial charge is 0.223 e. The standard InChI is InChI=1S/C16H18ClNO3/c1-18(16(19)8-6-14-4-3-9-21-14)11-12-10-13(17)5-7-15(12)20-2/h3-5,7,9-10H,6,8,11H2,1-2H3. The average molecular weight is 308 g/mol. The van der Waals surface area contributed by atoms with Gasteiger partial charge in [-0.3, -0.25) is 4.79 Å². The Hall–Kier alpha value is -1.94.